The molecule has 1 aromatic carbocycles. The summed E-state index contributed by atoms with van der Waals surface area (Å²) in [5, 5.41) is 3.83. The monoisotopic (exact) mass is 289 g/mol. The van der Waals surface area contributed by atoms with Crippen LogP contribution in [0.3, 0.4) is 0 Å². The van der Waals surface area contributed by atoms with Gasteiger partial charge in [-0.15, -0.1) is 0 Å². The normalized spacial score (nSPS) is 27.0. The predicted molar refractivity (Wildman–Crippen MR) is 89.7 cm³/mol. The first kappa shape index (κ1) is 16.4. The summed E-state index contributed by atoms with van der Waals surface area (Å²) < 4.78 is 5.71. The summed E-state index contributed by atoms with van der Waals surface area (Å²) in [5.41, 5.74) is 1.35. The first-order chi connectivity index (χ1) is 10.0. The van der Waals surface area contributed by atoms with Crippen LogP contribution in [0.2, 0.25) is 0 Å². The number of benzene rings is 1. The van der Waals surface area contributed by atoms with Crippen molar-refractivity contribution in [1.29, 1.82) is 0 Å². The Morgan fingerprint density at radius 1 is 1.14 bits per heavy atom. The molecule has 0 bridgehead atoms. The Morgan fingerprint density at radius 2 is 1.81 bits per heavy atom. The quantitative estimate of drug-likeness (QED) is 0.800. The molecule has 21 heavy (non-hydrogen) atoms. The number of rotatable bonds is 6. The van der Waals surface area contributed by atoms with Gasteiger partial charge in [-0.3, -0.25) is 0 Å². The maximum Gasteiger partial charge on any atom is 0.119 e. The van der Waals surface area contributed by atoms with Crippen LogP contribution in [0, 0.1) is 11.8 Å². The van der Waals surface area contributed by atoms with Crippen molar-refractivity contribution in [3.8, 4) is 5.75 Å². The molecule has 0 amide bonds. The second-order valence-corrected chi connectivity index (χ2v) is 6.84. The van der Waals surface area contributed by atoms with E-state index in [4.69, 9.17) is 4.74 Å². The Morgan fingerprint density at radius 3 is 2.33 bits per heavy atom. The zero-order valence-electron chi connectivity index (χ0n) is 14.2. The maximum atomic E-state index is 5.71. The highest BCUT2D eigenvalue weighted by Crippen LogP contribution is 2.35. The molecule has 0 aliphatic heterocycles. The summed E-state index contributed by atoms with van der Waals surface area (Å²) in [5.74, 6) is 2.65. The number of ether oxygens (including phenoxy) is 1. The fourth-order valence-electron chi connectivity index (χ4n) is 3.58. The average molecular weight is 289 g/mol. The zero-order chi connectivity index (χ0) is 15.4. The lowest BCUT2D eigenvalue weighted by Crippen LogP contribution is -2.34. The third-order valence-electron chi connectivity index (χ3n) is 4.97. The first-order valence-corrected chi connectivity index (χ1v) is 8.54. The number of nitrogens with one attached hydrogen (secondary N) is 1. The lowest BCUT2D eigenvalue weighted by atomic mass is 9.93. The van der Waals surface area contributed by atoms with Gasteiger partial charge in [0.2, 0.25) is 0 Å². The van der Waals surface area contributed by atoms with Crippen molar-refractivity contribution in [3.05, 3.63) is 29.8 Å². The van der Waals surface area contributed by atoms with E-state index in [9.17, 15) is 0 Å². The van der Waals surface area contributed by atoms with E-state index in [-0.39, 0.29) is 6.10 Å². The third kappa shape index (κ3) is 4.23. The smallest absolute Gasteiger partial charge is 0.119 e. The molecule has 0 saturated heterocycles. The molecule has 2 rings (SSSR count). The van der Waals surface area contributed by atoms with Gasteiger partial charge in [0.05, 0.1) is 6.10 Å². The van der Waals surface area contributed by atoms with Gasteiger partial charge >= 0.3 is 0 Å². The molecule has 4 atom stereocenters. The Balaban J connectivity index is 1.93. The Bertz CT molecular complexity index is 426. The summed E-state index contributed by atoms with van der Waals surface area (Å²) in [6, 6.07) is 9.61. The minimum atomic E-state index is 0.233. The van der Waals surface area contributed by atoms with E-state index in [1.165, 1.54) is 24.8 Å². The van der Waals surface area contributed by atoms with Crippen LogP contribution in [0.5, 0.6) is 5.75 Å². The molecule has 0 aromatic heterocycles. The van der Waals surface area contributed by atoms with E-state index in [1.807, 2.05) is 0 Å². The van der Waals surface area contributed by atoms with Crippen LogP contribution in [-0.2, 0) is 0 Å². The predicted octanol–water partition coefficient (Wildman–Crippen LogP) is 4.95. The topological polar surface area (TPSA) is 21.3 Å². The van der Waals surface area contributed by atoms with Gasteiger partial charge < -0.3 is 10.1 Å². The summed E-state index contributed by atoms with van der Waals surface area (Å²) >= 11 is 0. The minimum Gasteiger partial charge on any atom is -0.491 e. The summed E-state index contributed by atoms with van der Waals surface area (Å²) in [6.07, 6.45) is 4.24. The van der Waals surface area contributed by atoms with Gasteiger partial charge in [0.25, 0.3) is 0 Å². The van der Waals surface area contributed by atoms with Gasteiger partial charge in [0.15, 0.2) is 0 Å². The van der Waals surface area contributed by atoms with Gasteiger partial charge in [-0.25, -0.2) is 0 Å². The van der Waals surface area contributed by atoms with Gasteiger partial charge in [0, 0.05) is 12.1 Å². The van der Waals surface area contributed by atoms with Gasteiger partial charge in [0.1, 0.15) is 5.75 Å². The largest absolute Gasteiger partial charge is 0.491 e. The first-order valence-electron chi connectivity index (χ1n) is 8.54. The highest BCUT2D eigenvalue weighted by Gasteiger charge is 2.32. The highest BCUT2D eigenvalue weighted by atomic mass is 16.5. The lowest BCUT2D eigenvalue weighted by molar-refractivity contribution is 0.242. The van der Waals surface area contributed by atoms with Crippen LogP contribution >= 0.6 is 0 Å². The SMILES string of the molecule is CCC1CCC(NC(C)c2ccc(OC(C)C)cc2)C1C. The van der Waals surface area contributed by atoms with Crippen molar-refractivity contribution in [2.45, 2.75) is 72.1 Å². The maximum absolute atomic E-state index is 5.71. The molecule has 1 aromatic rings. The molecule has 0 spiro atoms. The average Bonchev–Trinajstić information content (AvgIpc) is 2.79. The van der Waals surface area contributed by atoms with Crippen LogP contribution in [-0.4, -0.2) is 12.1 Å². The van der Waals surface area contributed by atoms with Crippen molar-refractivity contribution in [2.24, 2.45) is 11.8 Å². The molecule has 0 heterocycles. The Hall–Kier alpha value is -1.02. The standard InChI is InChI=1S/C19H31NO/c1-6-16-9-12-19(14(16)4)20-15(5)17-7-10-18(11-8-17)21-13(2)3/h7-8,10-11,13-16,19-20H,6,9,12H2,1-5H3. The van der Waals surface area contributed by atoms with Gasteiger partial charge in [-0.2, -0.15) is 0 Å². The van der Waals surface area contributed by atoms with Crippen molar-refractivity contribution >= 4 is 0 Å². The van der Waals surface area contributed by atoms with Crippen molar-refractivity contribution in [2.75, 3.05) is 0 Å². The molecule has 1 N–H and O–H groups in total. The second kappa shape index (κ2) is 7.31. The number of hydrogen-bond donors (Lipinski definition) is 1. The van der Waals surface area contributed by atoms with Crippen molar-refractivity contribution in [3.63, 3.8) is 0 Å². The summed E-state index contributed by atoms with van der Waals surface area (Å²) in [6.45, 7) is 11.1. The fraction of sp³-hybridized carbons (Fsp3) is 0.684. The molecule has 1 fully saturated rings. The molecule has 2 heteroatoms. The van der Waals surface area contributed by atoms with Gasteiger partial charge in [-0.1, -0.05) is 32.4 Å². The minimum absolute atomic E-state index is 0.233. The van der Waals surface area contributed by atoms with Crippen molar-refractivity contribution < 1.29 is 4.74 Å². The van der Waals surface area contributed by atoms with E-state index >= 15 is 0 Å². The molecule has 1 saturated carbocycles. The molecular weight excluding hydrogens is 258 g/mol. The Labute approximate surface area is 130 Å². The van der Waals surface area contributed by atoms with E-state index < -0.39 is 0 Å². The van der Waals surface area contributed by atoms with Crippen LogP contribution in [0.25, 0.3) is 0 Å². The summed E-state index contributed by atoms with van der Waals surface area (Å²) in [7, 11) is 0. The van der Waals surface area contributed by atoms with Crippen molar-refractivity contribution in [1.82, 2.24) is 5.32 Å². The fourth-order valence-corrected chi connectivity index (χ4v) is 3.58. The molecule has 1 aliphatic rings. The lowest BCUT2D eigenvalue weighted by Gasteiger charge is -2.25. The highest BCUT2D eigenvalue weighted by molar-refractivity contribution is 5.29. The Kier molecular flexibility index (Phi) is 5.69. The third-order valence-corrected chi connectivity index (χ3v) is 4.97. The zero-order valence-corrected chi connectivity index (χ0v) is 14.2. The molecule has 1 aliphatic carbocycles. The van der Waals surface area contributed by atoms with Crippen LogP contribution in [0.15, 0.2) is 24.3 Å². The van der Waals surface area contributed by atoms with E-state index in [1.54, 1.807) is 0 Å². The van der Waals surface area contributed by atoms with E-state index in [0.29, 0.717) is 12.1 Å². The van der Waals surface area contributed by atoms with Crippen LogP contribution in [0.1, 0.15) is 65.5 Å². The second-order valence-electron chi connectivity index (χ2n) is 6.84. The molecule has 0 radical (unpaired) electrons. The summed E-state index contributed by atoms with van der Waals surface area (Å²) in [4.78, 5) is 0. The molecule has 2 nitrogen and oxygen atoms in total. The van der Waals surface area contributed by atoms with Gasteiger partial charge in [-0.05, 0) is 63.1 Å². The molecule has 4 unspecified atom stereocenters. The van der Waals surface area contributed by atoms with E-state index in [2.05, 4.69) is 64.2 Å². The molecule has 118 valence electrons. The number of hydrogen-bond acceptors (Lipinski definition) is 2. The molecular formula is C19H31NO. The van der Waals surface area contributed by atoms with Crippen LogP contribution in [0.4, 0.5) is 0 Å². The van der Waals surface area contributed by atoms with Crippen LogP contribution < -0.4 is 10.1 Å². The van der Waals surface area contributed by atoms with E-state index in [0.717, 1.165) is 17.6 Å².